The average Bonchev–Trinajstić information content (AvgIpc) is 3.03. The van der Waals surface area contributed by atoms with Crippen LogP contribution in [0.2, 0.25) is 0 Å². The van der Waals surface area contributed by atoms with Crippen LogP contribution in [0, 0.1) is 5.82 Å². The molecule has 1 amide bonds. The van der Waals surface area contributed by atoms with Gasteiger partial charge in [0, 0.05) is 12.1 Å². The smallest absolute Gasteiger partial charge is 0.295 e. The van der Waals surface area contributed by atoms with E-state index in [1.54, 1.807) is 30.3 Å². The fourth-order valence-electron chi connectivity index (χ4n) is 3.68. The molecule has 6 nitrogen and oxygen atoms in total. The van der Waals surface area contributed by atoms with Crippen molar-refractivity contribution in [2.24, 2.45) is 0 Å². The lowest BCUT2D eigenvalue weighted by Gasteiger charge is -2.26. The van der Waals surface area contributed by atoms with Gasteiger partial charge in [0.05, 0.1) is 11.6 Å². The second kappa shape index (κ2) is 10.2. The van der Waals surface area contributed by atoms with Gasteiger partial charge in [-0.1, -0.05) is 24.8 Å². The Bertz CT molecular complexity index is 1010. The fraction of sp³-hybridized carbons (Fsp3) is 0.280. The van der Waals surface area contributed by atoms with Crippen molar-refractivity contribution in [3.05, 3.63) is 83.7 Å². The number of hydrogen-bond acceptors (Lipinski definition) is 5. The third kappa shape index (κ3) is 5.06. The highest BCUT2D eigenvalue weighted by Gasteiger charge is 2.45. The minimum absolute atomic E-state index is 0.00813. The number of benzene rings is 2. The molecule has 168 valence electrons. The minimum atomic E-state index is -0.797. The Morgan fingerprint density at radius 2 is 1.81 bits per heavy atom. The van der Waals surface area contributed by atoms with Crippen molar-refractivity contribution >= 4 is 17.4 Å². The molecule has 1 N–H and O–H groups in total. The van der Waals surface area contributed by atoms with Gasteiger partial charge < -0.3 is 19.6 Å². The Labute approximate surface area is 187 Å². The lowest BCUT2D eigenvalue weighted by molar-refractivity contribution is -0.139. The number of hydrogen-bond donors (Lipinski definition) is 1. The summed E-state index contributed by atoms with van der Waals surface area (Å²) in [5.74, 6) is -1.55. The van der Waals surface area contributed by atoms with E-state index >= 15 is 0 Å². The molecule has 1 aliphatic rings. The molecule has 2 aromatic rings. The van der Waals surface area contributed by atoms with Crippen molar-refractivity contribution in [1.29, 1.82) is 0 Å². The monoisotopic (exact) mass is 438 g/mol. The standard InChI is InChI=1S/C25H27FN2O4/c1-4-16-32-20-12-8-18(9-13-20)23(29)21-22(17-6-10-19(26)11-7-17)28(25(31)24(21)30)15-5-14-27(2)3/h4,6-13,22,29H,1,5,14-16H2,2-3H3. The van der Waals surface area contributed by atoms with Crippen LogP contribution < -0.4 is 4.74 Å². The van der Waals surface area contributed by atoms with Crippen LogP contribution in [0.4, 0.5) is 4.39 Å². The maximum atomic E-state index is 13.5. The molecule has 7 heteroatoms. The van der Waals surface area contributed by atoms with E-state index < -0.39 is 23.5 Å². The van der Waals surface area contributed by atoms with Gasteiger partial charge in [-0.25, -0.2) is 4.39 Å². The van der Waals surface area contributed by atoms with Crippen LogP contribution in [0.3, 0.4) is 0 Å². The van der Waals surface area contributed by atoms with Gasteiger partial charge in [0.1, 0.15) is 23.9 Å². The van der Waals surface area contributed by atoms with E-state index in [4.69, 9.17) is 4.74 Å². The van der Waals surface area contributed by atoms with Gasteiger partial charge in [-0.05, 0) is 69.0 Å². The SMILES string of the molecule is C=CCOc1ccc(C(O)=C2C(=O)C(=O)N(CCCN(C)C)C2c2ccc(F)cc2)cc1. The van der Waals surface area contributed by atoms with Gasteiger partial charge in [0.2, 0.25) is 0 Å². The zero-order chi connectivity index (χ0) is 23.3. The lowest BCUT2D eigenvalue weighted by atomic mass is 9.95. The highest BCUT2D eigenvalue weighted by atomic mass is 19.1. The molecule has 2 aromatic carbocycles. The number of aliphatic hydroxyl groups excluding tert-OH is 1. The number of nitrogens with zero attached hydrogens (tertiary/aromatic N) is 2. The van der Waals surface area contributed by atoms with Crippen LogP contribution >= 0.6 is 0 Å². The molecule has 3 rings (SSSR count). The molecule has 1 aliphatic heterocycles. The number of aliphatic hydroxyl groups is 1. The van der Waals surface area contributed by atoms with Crippen molar-refractivity contribution in [2.75, 3.05) is 33.8 Å². The molecular formula is C25H27FN2O4. The second-order valence-electron chi connectivity index (χ2n) is 7.82. The molecule has 1 heterocycles. The molecule has 0 radical (unpaired) electrons. The van der Waals surface area contributed by atoms with Crippen molar-refractivity contribution in [3.8, 4) is 5.75 Å². The highest BCUT2D eigenvalue weighted by molar-refractivity contribution is 6.46. The van der Waals surface area contributed by atoms with Crippen molar-refractivity contribution in [3.63, 3.8) is 0 Å². The Balaban J connectivity index is 2.02. The summed E-state index contributed by atoms with van der Waals surface area (Å²) in [5.41, 5.74) is 0.934. The number of ketones is 1. The van der Waals surface area contributed by atoms with Crippen LogP contribution in [0.5, 0.6) is 5.75 Å². The number of rotatable bonds is 9. The van der Waals surface area contributed by atoms with E-state index in [0.717, 1.165) is 6.54 Å². The number of amides is 1. The maximum absolute atomic E-state index is 13.5. The fourth-order valence-corrected chi connectivity index (χ4v) is 3.68. The number of Topliss-reactive ketones (excluding diaryl/α,β-unsaturated/α-hetero) is 1. The molecule has 0 aliphatic carbocycles. The van der Waals surface area contributed by atoms with E-state index in [1.165, 1.54) is 29.2 Å². The Hall–Kier alpha value is -3.45. The first kappa shape index (κ1) is 23.2. The summed E-state index contributed by atoms with van der Waals surface area (Å²) in [6.07, 6.45) is 2.27. The first-order chi connectivity index (χ1) is 15.3. The summed E-state index contributed by atoms with van der Waals surface area (Å²) in [6.45, 7) is 5.00. The first-order valence-electron chi connectivity index (χ1n) is 10.4. The maximum Gasteiger partial charge on any atom is 0.295 e. The zero-order valence-corrected chi connectivity index (χ0v) is 18.3. The van der Waals surface area contributed by atoms with E-state index in [0.29, 0.717) is 36.4 Å². The topological polar surface area (TPSA) is 70.1 Å². The summed E-state index contributed by atoms with van der Waals surface area (Å²) in [4.78, 5) is 29.3. The number of halogens is 1. The lowest BCUT2D eigenvalue weighted by Crippen LogP contribution is -2.32. The third-order valence-corrected chi connectivity index (χ3v) is 5.23. The van der Waals surface area contributed by atoms with Crippen molar-refractivity contribution < 1.29 is 23.8 Å². The minimum Gasteiger partial charge on any atom is -0.507 e. The predicted molar refractivity (Wildman–Crippen MR) is 121 cm³/mol. The van der Waals surface area contributed by atoms with Gasteiger partial charge in [-0.3, -0.25) is 9.59 Å². The Kier molecular flexibility index (Phi) is 7.43. The molecule has 0 spiro atoms. The first-order valence-corrected chi connectivity index (χ1v) is 10.4. The van der Waals surface area contributed by atoms with Gasteiger partial charge in [0.25, 0.3) is 11.7 Å². The quantitative estimate of drug-likeness (QED) is 0.279. The van der Waals surface area contributed by atoms with Crippen LogP contribution in [-0.4, -0.2) is 60.4 Å². The average molecular weight is 438 g/mol. The molecule has 1 unspecified atom stereocenters. The Morgan fingerprint density at radius 3 is 2.41 bits per heavy atom. The number of likely N-dealkylation sites (tertiary alicyclic amines) is 1. The molecule has 0 aromatic heterocycles. The van der Waals surface area contributed by atoms with Crippen molar-refractivity contribution in [2.45, 2.75) is 12.5 Å². The molecule has 0 saturated carbocycles. The third-order valence-electron chi connectivity index (χ3n) is 5.23. The van der Waals surface area contributed by atoms with Crippen LogP contribution in [0.1, 0.15) is 23.6 Å². The summed E-state index contributed by atoms with van der Waals surface area (Å²) >= 11 is 0. The number of carbonyl (C=O) groups is 2. The summed E-state index contributed by atoms with van der Waals surface area (Å²) in [7, 11) is 3.85. The van der Waals surface area contributed by atoms with Crippen LogP contribution in [-0.2, 0) is 9.59 Å². The van der Waals surface area contributed by atoms with Crippen LogP contribution in [0.15, 0.2) is 66.8 Å². The van der Waals surface area contributed by atoms with Gasteiger partial charge >= 0.3 is 0 Å². The summed E-state index contributed by atoms with van der Waals surface area (Å²) in [5, 5.41) is 11.0. The molecular weight excluding hydrogens is 411 g/mol. The zero-order valence-electron chi connectivity index (χ0n) is 18.3. The summed E-state index contributed by atoms with van der Waals surface area (Å²) in [6, 6.07) is 11.4. The van der Waals surface area contributed by atoms with Crippen LogP contribution in [0.25, 0.3) is 5.76 Å². The summed E-state index contributed by atoms with van der Waals surface area (Å²) < 4.78 is 19.0. The van der Waals surface area contributed by atoms with Gasteiger partial charge in [-0.2, -0.15) is 0 Å². The Morgan fingerprint density at radius 1 is 1.16 bits per heavy atom. The van der Waals surface area contributed by atoms with Crippen molar-refractivity contribution in [1.82, 2.24) is 9.80 Å². The van der Waals surface area contributed by atoms with E-state index in [9.17, 15) is 19.1 Å². The highest BCUT2D eigenvalue weighted by Crippen LogP contribution is 2.39. The predicted octanol–water partition coefficient (Wildman–Crippen LogP) is 3.76. The number of carbonyl (C=O) groups excluding carboxylic acids is 2. The normalized spacial score (nSPS) is 17.8. The molecule has 1 fully saturated rings. The van der Waals surface area contributed by atoms with E-state index in [-0.39, 0.29) is 11.3 Å². The molecule has 1 saturated heterocycles. The second-order valence-corrected chi connectivity index (χ2v) is 7.82. The molecule has 32 heavy (non-hydrogen) atoms. The molecule has 1 atom stereocenters. The molecule has 0 bridgehead atoms. The van der Waals surface area contributed by atoms with Gasteiger partial charge in [0.15, 0.2) is 0 Å². The van der Waals surface area contributed by atoms with E-state index in [2.05, 4.69) is 6.58 Å². The largest absolute Gasteiger partial charge is 0.507 e. The number of ether oxygens (including phenoxy) is 1. The van der Waals surface area contributed by atoms with E-state index in [1.807, 2.05) is 19.0 Å². The van der Waals surface area contributed by atoms with Gasteiger partial charge in [-0.15, -0.1) is 0 Å².